The molecule has 1 saturated heterocycles. The zero-order chi connectivity index (χ0) is 29.6. The van der Waals surface area contributed by atoms with Crippen LogP contribution >= 0.6 is 0 Å². The fourth-order valence-corrected chi connectivity index (χ4v) is 5.64. The number of para-hydroxylation sites is 1. The molecule has 5 heteroatoms. The molecule has 1 heterocycles. The van der Waals surface area contributed by atoms with Crippen LogP contribution in [0.2, 0.25) is 0 Å². The first kappa shape index (κ1) is 31.1. The van der Waals surface area contributed by atoms with E-state index in [0.29, 0.717) is 18.3 Å². The normalized spacial score (nSPS) is 19.0. The Balaban J connectivity index is 1.53. The first-order chi connectivity index (χ1) is 20.6. The highest BCUT2D eigenvalue weighted by molar-refractivity contribution is 6.09. The Bertz CT molecular complexity index is 1260. The highest BCUT2D eigenvalue weighted by Crippen LogP contribution is 2.30. The van der Waals surface area contributed by atoms with Gasteiger partial charge in [0, 0.05) is 24.8 Å². The van der Waals surface area contributed by atoms with E-state index in [2.05, 4.69) is 79.9 Å². The van der Waals surface area contributed by atoms with Crippen LogP contribution in [0.15, 0.2) is 114 Å². The number of amides is 1. The molecule has 1 atom stereocenters. The Morgan fingerprint density at radius 3 is 2.48 bits per heavy atom. The van der Waals surface area contributed by atoms with Gasteiger partial charge >= 0.3 is 6.02 Å². The number of nitrogens with zero attached hydrogens (tertiary/aromatic N) is 3. The van der Waals surface area contributed by atoms with Crippen molar-refractivity contribution in [3.05, 3.63) is 115 Å². The molecular weight excluding hydrogens is 518 g/mol. The van der Waals surface area contributed by atoms with Crippen molar-refractivity contribution in [3.8, 4) is 0 Å². The maximum absolute atomic E-state index is 13.7. The molecule has 2 aromatic rings. The van der Waals surface area contributed by atoms with Crippen molar-refractivity contribution in [2.75, 3.05) is 11.4 Å². The van der Waals surface area contributed by atoms with Crippen LogP contribution in [0.4, 0.5) is 5.69 Å². The molecule has 0 aromatic heterocycles. The molecule has 1 aliphatic heterocycles. The van der Waals surface area contributed by atoms with Crippen LogP contribution in [0.1, 0.15) is 77.2 Å². The molecule has 2 fully saturated rings. The zero-order valence-electron chi connectivity index (χ0n) is 25.5. The Morgan fingerprint density at radius 1 is 1.07 bits per heavy atom. The van der Waals surface area contributed by atoms with Gasteiger partial charge in [-0.25, -0.2) is 4.99 Å². The van der Waals surface area contributed by atoms with E-state index in [9.17, 15) is 4.79 Å². The Morgan fingerprint density at radius 2 is 1.79 bits per heavy atom. The third-order valence-electron chi connectivity index (χ3n) is 7.91. The number of aliphatic imine (C=N–C) groups is 1. The minimum atomic E-state index is -0.0836. The molecule has 1 unspecified atom stereocenters. The molecule has 2 aromatic carbocycles. The van der Waals surface area contributed by atoms with Crippen molar-refractivity contribution < 1.29 is 9.53 Å². The number of carbonyl (C=O) groups excluding carboxylic acids is 1. The summed E-state index contributed by atoms with van der Waals surface area (Å²) in [6, 6.07) is 21.7. The first-order valence-corrected chi connectivity index (χ1v) is 15.7. The highest BCUT2D eigenvalue weighted by Gasteiger charge is 2.40. The number of allylic oxidation sites excluding steroid dienone is 5. The van der Waals surface area contributed by atoms with E-state index >= 15 is 0 Å². The lowest BCUT2D eigenvalue weighted by atomic mass is 9.94. The van der Waals surface area contributed by atoms with Gasteiger partial charge in [0.05, 0.1) is 6.04 Å². The zero-order valence-corrected chi connectivity index (χ0v) is 25.5. The van der Waals surface area contributed by atoms with E-state index < -0.39 is 0 Å². The summed E-state index contributed by atoms with van der Waals surface area (Å²) in [4.78, 5) is 22.8. The predicted molar refractivity (Wildman–Crippen MR) is 175 cm³/mol. The van der Waals surface area contributed by atoms with Crippen molar-refractivity contribution >= 4 is 17.6 Å². The number of hydrogen-bond acceptors (Lipinski definition) is 4. The number of benzene rings is 2. The third kappa shape index (κ3) is 9.07. The number of hydrogen-bond donors (Lipinski definition) is 0. The smallest absolute Gasteiger partial charge is 0.300 e. The van der Waals surface area contributed by atoms with Gasteiger partial charge in [-0.05, 0) is 55.5 Å². The van der Waals surface area contributed by atoms with Crippen LogP contribution in [0.3, 0.4) is 0 Å². The topological polar surface area (TPSA) is 45.1 Å². The van der Waals surface area contributed by atoms with Gasteiger partial charge in [-0.15, -0.1) is 0 Å². The van der Waals surface area contributed by atoms with E-state index in [0.717, 1.165) is 56.3 Å². The molecule has 0 radical (unpaired) electrons. The van der Waals surface area contributed by atoms with Gasteiger partial charge < -0.3 is 9.64 Å². The number of carbonyl (C=O) groups is 1. The summed E-state index contributed by atoms with van der Waals surface area (Å²) in [6.45, 7) is 9.75. The summed E-state index contributed by atoms with van der Waals surface area (Å²) in [5, 5.41) is 0. The Hall–Kier alpha value is -3.86. The third-order valence-corrected chi connectivity index (χ3v) is 7.91. The monoisotopic (exact) mass is 565 g/mol. The molecule has 1 aliphatic carbocycles. The summed E-state index contributed by atoms with van der Waals surface area (Å²) < 4.78 is 6.24. The average molecular weight is 566 g/mol. The quantitative estimate of drug-likeness (QED) is 0.131. The number of unbranched alkanes of at least 4 members (excludes halogenated alkanes) is 2. The molecule has 5 nitrogen and oxygen atoms in total. The summed E-state index contributed by atoms with van der Waals surface area (Å²) in [5.74, 6) is 0.252. The van der Waals surface area contributed by atoms with Crippen LogP contribution in [-0.2, 0) is 16.1 Å². The maximum Gasteiger partial charge on any atom is 0.300 e. The summed E-state index contributed by atoms with van der Waals surface area (Å²) in [6.07, 6.45) is 19.7. The lowest BCUT2D eigenvalue weighted by Gasteiger charge is -2.29. The number of anilines is 1. The first-order valence-electron chi connectivity index (χ1n) is 15.7. The Kier molecular flexibility index (Phi) is 12.2. The maximum atomic E-state index is 13.7. The second-order valence-corrected chi connectivity index (χ2v) is 11.3. The highest BCUT2D eigenvalue weighted by atomic mass is 16.5. The molecule has 0 bridgehead atoms. The lowest BCUT2D eigenvalue weighted by Crippen LogP contribution is -2.41. The number of rotatable bonds is 14. The largest absolute Gasteiger partial charge is 0.420 e. The molecule has 1 saturated carbocycles. The van der Waals surface area contributed by atoms with Crippen LogP contribution in [0, 0.1) is 0 Å². The van der Waals surface area contributed by atoms with Crippen LogP contribution in [0.25, 0.3) is 0 Å². The Labute approximate surface area is 253 Å². The van der Waals surface area contributed by atoms with E-state index in [1.807, 2.05) is 35.3 Å². The molecule has 4 rings (SSSR count). The van der Waals surface area contributed by atoms with Gasteiger partial charge in [0.15, 0.2) is 5.76 Å². The summed E-state index contributed by atoms with van der Waals surface area (Å²) in [7, 11) is 0. The standard InChI is InChI=1S/C37H47N3O2/c1-4-6-10-19-30(3)38-37-40(34-25-15-9-16-26-34)36(41)35(42-37)28-31(18-5-2)22-17-27-39(33-23-13-8-14-24-33)29-32-20-11-7-12-21-32/h5,7-8,11-14,17-18,20-24,28,30,34H,2,4,6,9-10,15-16,19,25-27,29H2,1,3H3/b22-17-,31-18+,35-28+,38-37+. The molecule has 2 aliphatic rings. The fourth-order valence-electron chi connectivity index (χ4n) is 5.64. The second kappa shape index (κ2) is 16.5. The van der Waals surface area contributed by atoms with Crippen LogP contribution in [0.5, 0.6) is 0 Å². The second-order valence-electron chi connectivity index (χ2n) is 11.3. The minimum absolute atomic E-state index is 0.0836. The molecule has 1 amide bonds. The SMILES string of the molecule is C=C/C=C(\C=C/CN(Cc1ccccc1)c1ccccc1)/C=C1/O/C(=N/C(C)CCCCC)N(C2CCCCC2)C1=O. The molecular formula is C37H47N3O2. The van der Waals surface area contributed by atoms with Crippen LogP contribution in [-0.4, -0.2) is 35.5 Å². The molecule has 0 N–H and O–H groups in total. The molecule has 42 heavy (non-hydrogen) atoms. The molecule has 0 spiro atoms. The van der Waals surface area contributed by atoms with E-state index in [-0.39, 0.29) is 18.0 Å². The van der Waals surface area contributed by atoms with Gasteiger partial charge in [0.2, 0.25) is 0 Å². The predicted octanol–water partition coefficient (Wildman–Crippen LogP) is 8.76. The van der Waals surface area contributed by atoms with Gasteiger partial charge in [-0.3, -0.25) is 9.69 Å². The van der Waals surface area contributed by atoms with E-state index in [1.54, 1.807) is 6.08 Å². The fraction of sp³-hybridized carbons (Fsp3) is 0.405. The van der Waals surface area contributed by atoms with Gasteiger partial charge in [-0.1, -0.05) is 125 Å². The van der Waals surface area contributed by atoms with Gasteiger partial charge in [-0.2, -0.15) is 0 Å². The van der Waals surface area contributed by atoms with Crippen molar-refractivity contribution in [1.29, 1.82) is 0 Å². The minimum Gasteiger partial charge on any atom is -0.420 e. The summed E-state index contributed by atoms with van der Waals surface area (Å²) in [5.41, 5.74) is 3.27. The van der Waals surface area contributed by atoms with E-state index in [1.165, 1.54) is 24.8 Å². The lowest BCUT2D eigenvalue weighted by molar-refractivity contribution is -0.124. The van der Waals surface area contributed by atoms with Gasteiger partial charge in [0.25, 0.3) is 5.91 Å². The molecule has 222 valence electrons. The van der Waals surface area contributed by atoms with Gasteiger partial charge in [0.1, 0.15) is 0 Å². The van der Waals surface area contributed by atoms with Crippen molar-refractivity contribution in [2.24, 2.45) is 4.99 Å². The van der Waals surface area contributed by atoms with Crippen molar-refractivity contribution in [1.82, 2.24) is 4.90 Å². The van der Waals surface area contributed by atoms with Crippen molar-refractivity contribution in [2.45, 2.75) is 90.3 Å². The van der Waals surface area contributed by atoms with Crippen LogP contribution < -0.4 is 4.90 Å². The summed E-state index contributed by atoms with van der Waals surface area (Å²) >= 11 is 0. The number of ether oxygens (including phenoxy) is 1. The average Bonchev–Trinajstić information content (AvgIpc) is 3.31. The number of amidine groups is 1. The van der Waals surface area contributed by atoms with E-state index in [4.69, 9.17) is 9.73 Å². The van der Waals surface area contributed by atoms with Crippen molar-refractivity contribution in [3.63, 3.8) is 0 Å².